The number of methoxy groups -OCH3 is 1. The van der Waals surface area contributed by atoms with E-state index in [2.05, 4.69) is 17.6 Å². The molecule has 0 bridgehead atoms. The maximum Gasteiger partial charge on any atom is 0.316 e. The molecule has 1 rings (SSSR count). The fourth-order valence-corrected chi connectivity index (χ4v) is 2.23. The molecule has 0 saturated carbocycles. The van der Waals surface area contributed by atoms with Gasteiger partial charge in [0.25, 0.3) is 0 Å². The molecule has 1 aromatic carbocycles. The predicted molar refractivity (Wildman–Crippen MR) is 85.2 cm³/mol. The first-order valence-corrected chi connectivity index (χ1v) is 7.18. The SMILES string of the molecule is COCC(CCCN)NC(C)c1ccc(NC(N)=O)cc1. The topological polar surface area (TPSA) is 102 Å². The van der Waals surface area contributed by atoms with Gasteiger partial charge in [0.15, 0.2) is 0 Å². The van der Waals surface area contributed by atoms with E-state index in [0.717, 1.165) is 18.4 Å². The second kappa shape index (κ2) is 9.33. The third-order valence-electron chi connectivity index (χ3n) is 3.29. The van der Waals surface area contributed by atoms with Crippen LogP contribution in [0.2, 0.25) is 0 Å². The van der Waals surface area contributed by atoms with Crippen LogP contribution in [0.5, 0.6) is 0 Å². The third kappa shape index (κ3) is 6.57. The highest BCUT2D eigenvalue weighted by Crippen LogP contribution is 2.17. The van der Waals surface area contributed by atoms with Crippen molar-refractivity contribution < 1.29 is 9.53 Å². The van der Waals surface area contributed by atoms with E-state index in [1.54, 1.807) is 7.11 Å². The van der Waals surface area contributed by atoms with Gasteiger partial charge in [-0.2, -0.15) is 0 Å². The Kier molecular flexibility index (Phi) is 7.74. The van der Waals surface area contributed by atoms with Gasteiger partial charge in [-0.25, -0.2) is 4.79 Å². The molecule has 2 atom stereocenters. The molecule has 2 unspecified atom stereocenters. The zero-order valence-corrected chi connectivity index (χ0v) is 12.8. The number of carbonyl (C=O) groups excluding carboxylic acids is 1. The Hall–Kier alpha value is -1.63. The molecule has 21 heavy (non-hydrogen) atoms. The highest BCUT2D eigenvalue weighted by Gasteiger charge is 2.13. The molecule has 0 fully saturated rings. The number of benzene rings is 1. The average molecular weight is 294 g/mol. The summed E-state index contributed by atoms with van der Waals surface area (Å²) >= 11 is 0. The van der Waals surface area contributed by atoms with Gasteiger partial charge >= 0.3 is 6.03 Å². The molecule has 0 saturated heterocycles. The van der Waals surface area contributed by atoms with Gasteiger partial charge in [-0.3, -0.25) is 0 Å². The molecule has 0 radical (unpaired) electrons. The number of primary amides is 1. The first-order chi connectivity index (χ1) is 10.1. The highest BCUT2D eigenvalue weighted by atomic mass is 16.5. The number of nitrogens with two attached hydrogens (primary N) is 2. The molecule has 0 aliphatic heterocycles. The van der Waals surface area contributed by atoms with E-state index in [-0.39, 0.29) is 12.1 Å². The summed E-state index contributed by atoms with van der Waals surface area (Å²) in [6.07, 6.45) is 1.95. The first-order valence-electron chi connectivity index (χ1n) is 7.18. The number of anilines is 1. The summed E-state index contributed by atoms with van der Waals surface area (Å²) in [4.78, 5) is 10.8. The summed E-state index contributed by atoms with van der Waals surface area (Å²) < 4.78 is 5.24. The molecule has 6 N–H and O–H groups in total. The van der Waals surface area contributed by atoms with E-state index in [0.29, 0.717) is 18.8 Å². The number of rotatable bonds is 9. The summed E-state index contributed by atoms with van der Waals surface area (Å²) in [5, 5.41) is 6.08. The number of ether oxygens (including phenoxy) is 1. The lowest BCUT2D eigenvalue weighted by Gasteiger charge is -2.23. The normalized spacial score (nSPS) is 13.7. The van der Waals surface area contributed by atoms with Crippen molar-refractivity contribution in [1.82, 2.24) is 5.32 Å². The molecule has 6 heteroatoms. The molecule has 118 valence electrons. The molecule has 2 amide bonds. The van der Waals surface area contributed by atoms with E-state index in [1.807, 2.05) is 24.3 Å². The van der Waals surface area contributed by atoms with Crippen LogP contribution < -0.4 is 22.1 Å². The largest absolute Gasteiger partial charge is 0.383 e. The number of carbonyl (C=O) groups is 1. The van der Waals surface area contributed by atoms with Crippen LogP contribution in [0.1, 0.15) is 31.4 Å². The van der Waals surface area contributed by atoms with Crippen LogP contribution >= 0.6 is 0 Å². The Bertz CT molecular complexity index is 422. The van der Waals surface area contributed by atoms with Crippen LogP contribution in [0.15, 0.2) is 24.3 Å². The lowest BCUT2D eigenvalue weighted by atomic mass is 10.1. The monoisotopic (exact) mass is 294 g/mol. The van der Waals surface area contributed by atoms with Crippen molar-refractivity contribution in [2.24, 2.45) is 11.5 Å². The summed E-state index contributed by atoms with van der Waals surface area (Å²) in [5.74, 6) is 0. The van der Waals surface area contributed by atoms with Gasteiger partial charge in [-0.15, -0.1) is 0 Å². The van der Waals surface area contributed by atoms with Crippen LogP contribution in [-0.4, -0.2) is 32.3 Å². The van der Waals surface area contributed by atoms with E-state index < -0.39 is 6.03 Å². The quantitative estimate of drug-likeness (QED) is 0.555. The van der Waals surface area contributed by atoms with Gasteiger partial charge in [-0.05, 0) is 44.0 Å². The summed E-state index contributed by atoms with van der Waals surface area (Å²) in [7, 11) is 1.70. The van der Waals surface area contributed by atoms with Crippen molar-refractivity contribution in [2.45, 2.75) is 31.8 Å². The predicted octanol–water partition coefficient (Wildman–Crippen LogP) is 1.58. The zero-order valence-electron chi connectivity index (χ0n) is 12.8. The summed E-state index contributed by atoms with van der Waals surface area (Å²) in [6.45, 7) is 3.44. The fraction of sp³-hybridized carbons (Fsp3) is 0.533. The van der Waals surface area contributed by atoms with Crippen LogP contribution in [-0.2, 0) is 4.74 Å². The Morgan fingerprint density at radius 1 is 1.33 bits per heavy atom. The standard InChI is InChI=1S/C15H26N4O2/c1-11(18-14(10-21-2)4-3-9-16)12-5-7-13(8-6-12)19-15(17)20/h5-8,11,14,18H,3-4,9-10,16H2,1-2H3,(H3,17,19,20). The maximum absolute atomic E-state index is 10.8. The Labute approximate surface area is 126 Å². The summed E-state index contributed by atoms with van der Waals surface area (Å²) in [6, 6.07) is 7.51. The van der Waals surface area contributed by atoms with Crippen molar-refractivity contribution in [3.05, 3.63) is 29.8 Å². The molecule has 1 aromatic rings. The van der Waals surface area contributed by atoms with Crippen molar-refractivity contribution in [1.29, 1.82) is 0 Å². The number of nitrogens with one attached hydrogen (secondary N) is 2. The average Bonchev–Trinajstić information content (AvgIpc) is 2.45. The molecule has 0 spiro atoms. The zero-order chi connectivity index (χ0) is 15.7. The molecule has 6 nitrogen and oxygen atoms in total. The van der Waals surface area contributed by atoms with Gasteiger partial charge in [0.1, 0.15) is 0 Å². The van der Waals surface area contributed by atoms with Crippen molar-refractivity contribution in [2.75, 3.05) is 25.6 Å². The maximum atomic E-state index is 10.8. The van der Waals surface area contributed by atoms with Gasteiger partial charge in [0.05, 0.1) is 6.61 Å². The van der Waals surface area contributed by atoms with Crippen LogP contribution in [0.3, 0.4) is 0 Å². The van der Waals surface area contributed by atoms with E-state index in [4.69, 9.17) is 16.2 Å². The molecule has 0 aliphatic carbocycles. The van der Waals surface area contributed by atoms with E-state index >= 15 is 0 Å². The first kappa shape index (κ1) is 17.4. The Morgan fingerprint density at radius 2 is 2.00 bits per heavy atom. The fourth-order valence-electron chi connectivity index (χ4n) is 2.23. The van der Waals surface area contributed by atoms with Gasteiger partial charge < -0.3 is 26.8 Å². The van der Waals surface area contributed by atoms with Gasteiger partial charge in [-0.1, -0.05) is 12.1 Å². The van der Waals surface area contributed by atoms with Gasteiger partial charge in [0.2, 0.25) is 0 Å². The second-order valence-electron chi connectivity index (χ2n) is 5.08. The molecule has 0 aliphatic rings. The highest BCUT2D eigenvalue weighted by molar-refractivity contribution is 5.87. The van der Waals surface area contributed by atoms with Gasteiger partial charge in [0, 0.05) is 24.9 Å². The lowest BCUT2D eigenvalue weighted by molar-refractivity contribution is 0.156. The Morgan fingerprint density at radius 3 is 2.52 bits per heavy atom. The van der Waals surface area contributed by atoms with E-state index in [1.165, 1.54) is 0 Å². The van der Waals surface area contributed by atoms with Crippen molar-refractivity contribution in [3.8, 4) is 0 Å². The van der Waals surface area contributed by atoms with Crippen LogP contribution in [0.4, 0.5) is 10.5 Å². The summed E-state index contributed by atoms with van der Waals surface area (Å²) in [5.41, 5.74) is 12.5. The Balaban J connectivity index is 2.59. The van der Waals surface area contributed by atoms with Crippen molar-refractivity contribution >= 4 is 11.7 Å². The molecule has 0 heterocycles. The minimum Gasteiger partial charge on any atom is -0.383 e. The number of urea groups is 1. The minimum atomic E-state index is -0.559. The minimum absolute atomic E-state index is 0.186. The smallest absolute Gasteiger partial charge is 0.316 e. The van der Waals surface area contributed by atoms with E-state index in [9.17, 15) is 4.79 Å². The van der Waals surface area contributed by atoms with Crippen molar-refractivity contribution in [3.63, 3.8) is 0 Å². The lowest BCUT2D eigenvalue weighted by Crippen LogP contribution is -2.35. The number of hydrogen-bond donors (Lipinski definition) is 4. The third-order valence-corrected chi connectivity index (χ3v) is 3.29. The molecule has 0 aromatic heterocycles. The van der Waals surface area contributed by atoms with Crippen LogP contribution in [0, 0.1) is 0 Å². The molecular formula is C15H26N4O2. The number of hydrogen-bond acceptors (Lipinski definition) is 4. The van der Waals surface area contributed by atoms with Crippen LogP contribution in [0.25, 0.3) is 0 Å². The second-order valence-corrected chi connectivity index (χ2v) is 5.08. The number of amides is 2. The molecular weight excluding hydrogens is 268 g/mol.